The van der Waals surface area contributed by atoms with Crippen LogP contribution in [0.3, 0.4) is 0 Å². The van der Waals surface area contributed by atoms with Crippen molar-refractivity contribution in [3.05, 3.63) is 29.3 Å². The Hall–Kier alpha value is -1.13. The second kappa shape index (κ2) is 5.98. The first-order chi connectivity index (χ1) is 7.97. The van der Waals surface area contributed by atoms with Crippen LogP contribution in [0.2, 0.25) is 0 Å². The van der Waals surface area contributed by atoms with E-state index in [0.29, 0.717) is 11.6 Å². The van der Waals surface area contributed by atoms with Crippen LogP contribution in [-0.2, 0) is 4.74 Å². The van der Waals surface area contributed by atoms with Gasteiger partial charge in [0.15, 0.2) is 0 Å². The van der Waals surface area contributed by atoms with Crippen LogP contribution in [-0.4, -0.2) is 31.8 Å². The third-order valence-electron chi connectivity index (χ3n) is 2.87. The van der Waals surface area contributed by atoms with Crippen molar-refractivity contribution in [2.24, 2.45) is 5.73 Å². The van der Waals surface area contributed by atoms with Gasteiger partial charge in [0.1, 0.15) is 4.99 Å². The molecule has 2 N–H and O–H groups in total. The Morgan fingerprint density at radius 3 is 2.71 bits per heavy atom. The van der Waals surface area contributed by atoms with Gasteiger partial charge in [0, 0.05) is 31.5 Å². The van der Waals surface area contributed by atoms with E-state index < -0.39 is 0 Å². The Kier molecular flexibility index (Phi) is 4.90. The van der Waals surface area contributed by atoms with Gasteiger partial charge >= 0.3 is 0 Å². The molecule has 0 radical (unpaired) electrons. The van der Waals surface area contributed by atoms with Crippen LogP contribution in [0, 0.1) is 6.92 Å². The zero-order valence-corrected chi connectivity index (χ0v) is 11.7. The number of thiocarbonyl (C=S) groups is 1. The van der Waals surface area contributed by atoms with Gasteiger partial charge in [0.25, 0.3) is 0 Å². The zero-order valence-electron chi connectivity index (χ0n) is 10.9. The number of benzene rings is 1. The number of nitrogens with zero attached hydrogens (tertiary/aromatic N) is 1. The van der Waals surface area contributed by atoms with E-state index in [1.54, 1.807) is 7.11 Å². The standard InChI is InChI=1S/C13H20N2OS/c1-9-5-6-12(11(7-9)13(14)17)15(3)10(2)8-16-4/h5-7,10H,8H2,1-4H3,(H2,14,17). The minimum atomic E-state index is 0.274. The SMILES string of the molecule is COCC(C)N(C)c1ccc(C)cc1C(N)=S. The molecular formula is C13H20N2OS. The summed E-state index contributed by atoms with van der Waals surface area (Å²) in [6, 6.07) is 6.41. The van der Waals surface area contributed by atoms with E-state index in [1.807, 2.05) is 20.0 Å². The summed E-state index contributed by atoms with van der Waals surface area (Å²) in [4.78, 5) is 2.57. The molecule has 0 fully saturated rings. The minimum Gasteiger partial charge on any atom is -0.389 e. The van der Waals surface area contributed by atoms with Crippen LogP contribution in [0.1, 0.15) is 18.1 Å². The number of hydrogen-bond donors (Lipinski definition) is 1. The first-order valence-corrected chi connectivity index (χ1v) is 6.00. The summed E-state index contributed by atoms with van der Waals surface area (Å²) >= 11 is 5.10. The Morgan fingerprint density at radius 2 is 2.18 bits per heavy atom. The lowest BCUT2D eigenvalue weighted by atomic mass is 10.1. The minimum absolute atomic E-state index is 0.274. The van der Waals surface area contributed by atoms with Crippen LogP contribution in [0.5, 0.6) is 0 Å². The van der Waals surface area contributed by atoms with Crippen molar-refractivity contribution >= 4 is 22.9 Å². The molecule has 17 heavy (non-hydrogen) atoms. The van der Waals surface area contributed by atoms with Crippen LogP contribution in [0.15, 0.2) is 18.2 Å². The maximum absolute atomic E-state index is 5.77. The monoisotopic (exact) mass is 252 g/mol. The van der Waals surface area contributed by atoms with Crippen molar-refractivity contribution in [3.63, 3.8) is 0 Å². The molecule has 1 rings (SSSR count). The van der Waals surface area contributed by atoms with E-state index >= 15 is 0 Å². The van der Waals surface area contributed by atoms with Gasteiger partial charge in [-0.15, -0.1) is 0 Å². The molecule has 0 aliphatic rings. The Morgan fingerprint density at radius 1 is 1.53 bits per heavy atom. The molecule has 1 aromatic carbocycles. The number of likely N-dealkylation sites (N-methyl/N-ethyl adjacent to an activating group) is 1. The normalized spacial score (nSPS) is 12.2. The van der Waals surface area contributed by atoms with Crippen molar-refractivity contribution in [3.8, 4) is 0 Å². The van der Waals surface area contributed by atoms with E-state index in [0.717, 1.165) is 16.8 Å². The highest BCUT2D eigenvalue weighted by atomic mass is 32.1. The largest absolute Gasteiger partial charge is 0.389 e. The van der Waals surface area contributed by atoms with E-state index in [-0.39, 0.29) is 6.04 Å². The molecule has 0 saturated carbocycles. The van der Waals surface area contributed by atoms with Gasteiger partial charge in [-0.1, -0.05) is 23.8 Å². The number of hydrogen-bond acceptors (Lipinski definition) is 3. The van der Waals surface area contributed by atoms with E-state index in [1.165, 1.54) is 0 Å². The number of ether oxygens (including phenoxy) is 1. The van der Waals surface area contributed by atoms with Crippen molar-refractivity contribution in [1.29, 1.82) is 0 Å². The third kappa shape index (κ3) is 3.41. The van der Waals surface area contributed by atoms with Gasteiger partial charge in [-0.2, -0.15) is 0 Å². The van der Waals surface area contributed by atoms with Gasteiger partial charge in [0.05, 0.1) is 6.61 Å². The van der Waals surface area contributed by atoms with Crippen LogP contribution in [0.4, 0.5) is 5.69 Å². The number of aryl methyl sites for hydroxylation is 1. The summed E-state index contributed by atoms with van der Waals surface area (Å²) in [5.74, 6) is 0. The highest BCUT2D eigenvalue weighted by Gasteiger charge is 2.14. The highest BCUT2D eigenvalue weighted by Crippen LogP contribution is 2.22. The van der Waals surface area contributed by atoms with Crippen LogP contribution in [0.25, 0.3) is 0 Å². The molecule has 0 bridgehead atoms. The quantitative estimate of drug-likeness (QED) is 0.815. The first kappa shape index (κ1) is 13.9. The lowest BCUT2D eigenvalue weighted by molar-refractivity contribution is 0.183. The Bertz CT molecular complexity index is 406. The van der Waals surface area contributed by atoms with Gasteiger partial charge in [0.2, 0.25) is 0 Å². The summed E-state index contributed by atoms with van der Waals surface area (Å²) in [7, 11) is 3.73. The second-order valence-corrected chi connectivity index (χ2v) is 4.74. The molecule has 94 valence electrons. The third-order valence-corrected chi connectivity index (χ3v) is 3.09. The molecule has 4 heteroatoms. The number of methoxy groups -OCH3 is 1. The van der Waals surface area contributed by atoms with Crippen LogP contribution >= 0.6 is 12.2 Å². The molecule has 0 saturated heterocycles. The predicted molar refractivity (Wildman–Crippen MR) is 76.8 cm³/mol. The van der Waals surface area contributed by atoms with Crippen LogP contribution < -0.4 is 10.6 Å². The average molecular weight is 252 g/mol. The number of anilines is 1. The maximum Gasteiger partial charge on any atom is 0.106 e. The van der Waals surface area contributed by atoms with Crippen molar-refractivity contribution in [1.82, 2.24) is 0 Å². The van der Waals surface area contributed by atoms with E-state index in [2.05, 4.69) is 24.0 Å². The lowest BCUT2D eigenvalue weighted by Crippen LogP contribution is -2.34. The molecule has 0 heterocycles. The van der Waals surface area contributed by atoms with Gasteiger partial charge in [-0.05, 0) is 26.0 Å². The molecule has 0 aliphatic heterocycles. The van der Waals surface area contributed by atoms with E-state index in [4.69, 9.17) is 22.7 Å². The molecule has 0 aliphatic carbocycles. The predicted octanol–water partition coefficient (Wildman–Crippen LogP) is 2.10. The van der Waals surface area contributed by atoms with Gasteiger partial charge in [-0.3, -0.25) is 0 Å². The molecule has 0 aromatic heterocycles. The number of rotatable bonds is 5. The average Bonchev–Trinajstić information content (AvgIpc) is 2.28. The molecule has 1 aromatic rings. The summed E-state index contributed by atoms with van der Waals surface area (Å²) in [6.45, 7) is 4.80. The maximum atomic E-state index is 5.77. The fraction of sp³-hybridized carbons (Fsp3) is 0.462. The molecule has 0 amide bonds. The van der Waals surface area contributed by atoms with Gasteiger partial charge in [-0.25, -0.2) is 0 Å². The van der Waals surface area contributed by atoms with Gasteiger partial charge < -0.3 is 15.4 Å². The van der Waals surface area contributed by atoms with Crippen molar-refractivity contribution < 1.29 is 4.74 Å². The topological polar surface area (TPSA) is 38.5 Å². The molecule has 3 nitrogen and oxygen atoms in total. The Balaban J connectivity index is 3.08. The summed E-state index contributed by atoms with van der Waals surface area (Å²) in [5, 5.41) is 0. The summed E-state index contributed by atoms with van der Waals surface area (Å²) in [5.41, 5.74) is 8.90. The molecule has 1 atom stereocenters. The van der Waals surface area contributed by atoms with Crippen molar-refractivity contribution in [2.75, 3.05) is 25.7 Å². The Labute approximate surface area is 109 Å². The second-order valence-electron chi connectivity index (χ2n) is 4.30. The molecule has 1 unspecified atom stereocenters. The van der Waals surface area contributed by atoms with E-state index in [9.17, 15) is 0 Å². The fourth-order valence-electron chi connectivity index (χ4n) is 1.75. The fourth-order valence-corrected chi connectivity index (χ4v) is 1.91. The number of nitrogens with two attached hydrogens (primary N) is 1. The molecule has 0 spiro atoms. The molecular weight excluding hydrogens is 232 g/mol. The smallest absolute Gasteiger partial charge is 0.106 e. The zero-order chi connectivity index (χ0) is 13.0. The highest BCUT2D eigenvalue weighted by molar-refractivity contribution is 7.80. The lowest BCUT2D eigenvalue weighted by Gasteiger charge is -2.28. The summed E-state index contributed by atoms with van der Waals surface area (Å²) < 4.78 is 5.16. The van der Waals surface area contributed by atoms with Crippen molar-refractivity contribution in [2.45, 2.75) is 19.9 Å². The first-order valence-electron chi connectivity index (χ1n) is 5.59. The summed E-state index contributed by atoms with van der Waals surface area (Å²) in [6.07, 6.45) is 0.